The van der Waals surface area contributed by atoms with E-state index in [1.54, 1.807) is 18.2 Å². The second-order valence-electron chi connectivity index (χ2n) is 5.77. The molecule has 1 aliphatic heterocycles. The van der Waals surface area contributed by atoms with Crippen molar-refractivity contribution in [1.82, 2.24) is 10.2 Å². The van der Waals surface area contributed by atoms with Gasteiger partial charge in [-0.3, -0.25) is 4.79 Å². The lowest BCUT2D eigenvalue weighted by Crippen LogP contribution is -2.49. The third-order valence-electron chi connectivity index (χ3n) is 3.91. The number of likely N-dealkylation sites (tertiary alicyclic amines) is 1. The average Bonchev–Trinajstić information content (AvgIpc) is 2.49. The number of benzene rings is 1. The average molecular weight is 308 g/mol. The molecule has 2 atom stereocenters. The van der Waals surface area contributed by atoms with Crippen molar-refractivity contribution in [3.63, 3.8) is 0 Å². The van der Waals surface area contributed by atoms with Gasteiger partial charge in [0.05, 0.1) is 5.92 Å². The number of nitrogens with zero attached hydrogens (tertiary/aromatic N) is 1. The molecule has 6 heteroatoms. The molecule has 1 aromatic carbocycles. The Hall–Kier alpha value is -2.11. The summed E-state index contributed by atoms with van der Waals surface area (Å²) in [5.74, 6) is -1.65. The van der Waals surface area contributed by atoms with E-state index in [1.165, 1.54) is 11.0 Å². The van der Waals surface area contributed by atoms with Crippen molar-refractivity contribution in [3.05, 3.63) is 35.6 Å². The van der Waals surface area contributed by atoms with E-state index in [-0.39, 0.29) is 24.4 Å². The molecule has 1 fully saturated rings. The van der Waals surface area contributed by atoms with Gasteiger partial charge in [0, 0.05) is 19.1 Å². The molecule has 1 aliphatic rings. The van der Waals surface area contributed by atoms with Crippen LogP contribution in [0.5, 0.6) is 0 Å². The lowest BCUT2D eigenvalue weighted by atomic mass is 9.98. The van der Waals surface area contributed by atoms with Crippen LogP contribution in [0.4, 0.5) is 9.18 Å². The van der Waals surface area contributed by atoms with E-state index in [9.17, 15) is 14.0 Å². The number of piperidine rings is 1. The van der Waals surface area contributed by atoms with Crippen LogP contribution >= 0.6 is 0 Å². The summed E-state index contributed by atoms with van der Waals surface area (Å²) in [6.45, 7) is 2.60. The smallest absolute Gasteiger partial charge is 0.317 e. The van der Waals surface area contributed by atoms with Gasteiger partial charge in [-0.15, -0.1) is 0 Å². The SMILES string of the molecule is CC(Cc1ccccc1F)NC(=O)N1CCCC(C(=O)O)C1. The second kappa shape index (κ2) is 7.24. The minimum atomic E-state index is -0.864. The Kier molecular flexibility index (Phi) is 5.35. The molecule has 0 spiro atoms. The summed E-state index contributed by atoms with van der Waals surface area (Å²) in [5.41, 5.74) is 0.553. The van der Waals surface area contributed by atoms with Crippen molar-refractivity contribution < 1.29 is 19.1 Å². The molecule has 120 valence electrons. The van der Waals surface area contributed by atoms with Crippen LogP contribution in [-0.2, 0) is 11.2 Å². The largest absolute Gasteiger partial charge is 0.481 e. The van der Waals surface area contributed by atoms with Gasteiger partial charge in [-0.05, 0) is 37.8 Å². The highest BCUT2D eigenvalue weighted by Crippen LogP contribution is 2.17. The van der Waals surface area contributed by atoms with E-state index in [4.69, 9.17) is 5.11 Å². The van der Waals surface area contributed by atoms with E-state index in [2.05, 4.69) is 5.32 Å². The van der Waals surface area contributed by atoms with Crippen LogP contribution in [0.3, 0.4) is 0 Å². The summed E-state index contributed by atoms with van der Waals surface area (Å²) in [5, 5.41) is 11.9. The minimum Gasteiger partial charge on any atom is -0.481 e. The molecule has 0 radical (unpaired) electrons. The molecule has 0 saturated carbocycles. The molecular formula is C16H21FN2O3. The number of carboxylic acids is 1. The number of amides is 2. The van der Waals surface area contributed by atoms with Gasteiger partial charge >= 0.3 is 12.0 Å². The maximum absolute atomic E-state index is 13.6. The fraction of sp³-hybridized carbons (Fsp3) is 0.500. The molecule has 2 amide bonds. The highest BCUT2D eigenvalue weighted by atomic mass is 19.1. The monoisotopic (exact) mass is 308 g/mol. The van der Waals surface area contributed by atoms with E-state index in [1.807, 2.05) is 6.92 Å². The second-order valence-corrected chi connectivity index (χ2v) is 5.77. The van der Waals surface area contributed by atoms with Crippen LogP contribution in [-0.4, -0.2) is 41.1 Å². The zero-order valence-corrected chi connectivity index (χ0v) is 12.6. The Balaban J connectivity index is 1.88. The molecule has 0 aromatic heterocycles. The quantitative estimate of drug-likeness (QED) is 0.896. The Morgan fingerprint density at radius 1 is 1.45 bits per heavy atom. The summed E-state index contributed by atoms with van der Waals surface area (Å²) in [4.78, 5) is 24.7. The van der Waals surface area contributed by atoms with Gasteiger partial charge < -0.3 is 15.3 Å². The van der Waals surface area contributed by atoms with Gasteiger partial charge in [0.15, 0.2) is 0 Å². The normalized spacial score (nSPS) is 19.5. The van der Waals surface area contributed by atoms with E-state index in [0.29, 0.717) is 31.4 Å². The maximum Gasteiger partial charge on any atom is 0.317 e. The fourth-order valence-electron chi connectivity index (χ4n) is 2.71. The molecule has 1 heterocycles. The lowest BCUT2D eigenvalue weighted by molar-refractivity contribution is -0.143. The van der Waals surface area contributed by atoms with Crippen molar-refractivity contribution >= 4 is 12.0 Å². The first kappa shape index (κ1) is 16.3. The number of aliphatic carboxylic acids is 1. The van der Waals surface area contributed by atoms with Gasteiger partial charge in [-0.25, -0.2) is 9.18 Å². The molecule has 5 nitrogen and oxygen atoms in total. The molecule has 22 heavy (non-hydrogen) atoms. The molecule has 2 N–H and O–H groups in total. The van der Waals surface area contributed by atoms with Gasteiger partial charge in [0.25, 0.3) is 0 Å². The number of hydrogen-bond donors (Lipinski definition) is 2. The zero-order valence-electron chi connectivity index (χ0n) is 12.6. The molecule has 2 unspecified atom stereocenters. The van der Waals surface area contributed by atoms with Gasteiger partial charge in [0.1, 0.15) is 5.82 Å². The van der Waals surface area contributed by atoms with Crippen molar-refractivity contribution in [1.29, 1.82) is 0 Å². The van der Waals surface area contributed by atoms with E-state index < -0.39 is 11.9 Å². The van der Waals surface area contributed by atoms with Crippen molar-refractivity contribution in [3.8, 4) is 0 Å². The number of nitrogens with one attached hydrogen (secondary N) is 1. The lowest BCUT2D eigenvalue weighted by Gasteiger charge is -2.31. The van der Waals surface area contributed by atoms with Crippen LogP contribution in [0.25, 0.3) is 0 Å². The Bertz CT molecular complexity index is 550. The highest BCUT2D eigenvalue weighted by molar-refractivity contribution is 5.76. The van der Waals surface area contributed by atoms with Gasteiger partial charge in [0.2, 0.25) is 0 Å². The summed E-state index contributed by atoms with van der Waals surface area (Å²) in [7, 11) is 0. The first-order valence-electron chi connectivity index (χ1n) is 7.49. The third-order valence-corrected chi connectivity index (χ3v) is 3.91. The van der Waals surface area contributed by atoms with Crippen LogP contribution in [0, 0.1) is 11.7 Å². The van der Waals surface area contributed by atoms with Gasteiger partial charge in [-0.1, -0.05) is 18.2 Å². The number of carbonyl (C=O) groups is 2. The molecule has 0 bridgehead atoms. The van der Waals surface area contributed by atoms with E-state index in [0.717, 1.165) is 0 Å². The molecular weight excluding hydrogens is 287 g/mol. The number of halogens is 1. The highest BCUT2D eigenvalue weighted by Gasteiger charge is 2.28. The number of hydrogen-bond acceptors (Lipinski definition) is 2. The van der Waals surface area contributed by atoms with Gasteiger partial charge in [-0.2, -0.15) is 0 Å². The predicted octanol–water partition coefficient (Wildman–Crippen LogP) is 2.26. The summed E-state index contributed by atoms with van der Waals surface area (Å²) < 4.78 is 13.6. The summed E-state index contributed by atoms with van der Waals surface area (Å²) in [6.07, 6.45) is 1.69. The van der Waals surface area contributed by atoms with Crippen molar-refractivity contribution in [2.75, 3.05) is 13.1 Å². The topological polar surface area (TPSA) is 69.6 Å². The third kappa shape index (κ3) is 4.19. The Morgan fingerprint density at radius 2 is 2.18 bits per heavy atom. The number of urea groups is 1. The van der Waals surface area contributed by atoms with Crippen molar-refractivity contribution in [2.24, 2.45) is 5.92 Å². The summed E-state index contributed by atoms with van der Waals surface area (Å²) >= 11 is 0. The zero-order chi connectivity index (χ0) is 16.1. The predicted molar refractivity (Wildman–Crippen MR) is 80.0 cm³/mol. The number of carbonyl (C=O) groups excluding carboxylic acids is 1. The first-order valence-corrected chi connectivity index (χ1v) is 7.49. The van der Waals surface area contributed by atoms with Crippen LogP contribution in [0.15, 0.2) is 24.3 Å². The molecule has 1 saturated heterocycles. The summed E-state index contributed by atoms with van der Waals surface area (Å²) in [6, 6.07) is 5.96. The Labute approximate surface area is 129 Å². The van der Waals surface area contributed by atoms with E-state index >= 15 is 0 Å². The van der Waals surface area contributed by atoms with Crippen LogP contribution < -0.4 is 5.32 Å². The minimum absolute atomic E-state index is 0.227. The Morgan fingerprint density at radius 3 is 2.86 bits per heavy atom. The van der Waals surface area contributed by atoms with Crippen LogP contribution in [0.1, 0.15) is 25.3 Å². The number of rotatable bonds is 4. The first-order chi connectivity index (χ1) is 10.5. The molecule has 2 rings (SSSR count). The molecule has 1 aromatic rings. The fourth-order valence-corrected chi connectivity index (χ4v) is 2.71. The standard InChI is InChI=1S/C16H21FN2O3/c1-11(9-12-5-2-3-7-14(12)17)18-16(22)19-8-4-6-13(10-19)15(20)21/h2-3,5,7,11,13H,4,6,8-10H2,1H3,(H,18,22)(H,20,21). The number of carboxylic acid groups (broad SMARTS) is 1. The maximum atomic E-state index is 13.6. The molecule has 0 aliphatic carbocycles. The van der Waals surface area contributed by atoms with Crippen LogP contribution in [0.2, 0.25) is 0 Å². The van der Waals surface area contributed by atoms with Crippen molar-refractivity contribution in [2.45, 2.75) is 32.2 Å².